The van der Waals surface area contributed by atoms with Crippen molar-refractivity contribution in [3.8, 4) is 5.82 Å². The first kappa shape index (κ1) is 14.0. The Bertz CT molecular complexity index is 856. The zero-order chi connectivity index (χ0) is 15.9. The van der Waals surface area contributed by atoms with Gasteiger partial charge in [0.15, 0.2) is 5.82 Å². The molecule has 9 heteroatoms. The van der Waals surface area contributed by atoms with Crippen LogP contribution in [0, 0.1) is 10.1 Å². The number of halogens is 3. The minimum atomic E-state index is -4.49. The first-order valence-electron chi connectivity index (χ1n) is 6.02. The van der Waals surface area contributed by atoms with Gasteiger partial charge in [-0.1, -0.05) is 6.07 Å². The Hall–Kier alpha value is -2.97. The normalized spacial score (nSPS) is 11.8. The zero-order valence-corrected chi connectivity index (χ0v) is 10.8. The standard InChI is InChI=1S/C13H7F3N4O2/c14-13(15,16)10-2-1-3-11-9(10)7-18-19(11)12-5-4-8(6-17-12)20(21)22/h1-7H. The van der Waals surface area contributed by atoms with E-state index in [9.17, 15) is 23.3 Å². The van der Waals surface area contributed by atoms with Crippen LogP contribution in [0.5, 0.6) is 0 Å². The Labute approximate surface area is 121 Å². The molecule has 0 atom stereocenters. The molecule has 0 radical (unpaired) electrons. The molecule has 2 aromatic heterocycles. The summed E-state index contributed by atoms with van der Waals surface area (Å²) in [4.78, 5) is 13.8. The monoisotopic (exact) mass is 308 g/mol. The molecule has 22 heavy (non-hydrogen) atoms. The van der Waals surface area contributed by atoms with E-state index in [0.29, 0.717) is 0 Å². The topological polar surface area (TPSA) is 73.8 Å². The lowest BCUT2D eigenvalue weighted by Gasteiger charge is -2.08. The van der Waals surface area contributed by atoms with Crippen LogP contribution in [0.25, 0.3) is 16.7 Å². The van der Waals surface area contributed by atoms with Gasteiger partial charge in [-0.3, -0.25) is 10.1 Å². The Kier molecular flexibility index (Phi) is 3.05. The van der Waals surface area contributed by atoms with Crippen molar-refractivity contribution in [1.82, 2.24) is 14.8 Å². The summed E-state index contributed by atoms with van der Waals surface area (Å²) in [6, 6.07) is 6.25. The number of hydrogen-bond acceptors (Lipinski definition) is 4. The molecule has 3 aromatic rings. The van der Waals surface area contributed by atoms with Crippen LogP contribution in [0.3, 0.4) is 0 Å². The molecular weight excluding hydrogens is 301 g/mol. The van der Waals surface area contributed by atoms with Gasteiger partial charge < -0.3 is 0 Å². The van der Waals surface area contributed by atoms with E-state index in [1.165, 1.54) is 28.9 Å². The van der Waals surface area contributed by atoms with E-state index in [-0.39, 0.29) is 22.4 Å². The summed E-state index contributed by atoms with van der Waals surface area (Å²) >= 11 is 0. The SMILES string of the molecule is O=[N+]([O-])c1ccc(-n2ncc3c(C(F)(F)F)cccc32)nc1. The average molecular weight is 308 g/mol. The van der Waals surface area contributed by atoms with E-state index in [2.05, 4.69) is 10.1 Å². The number of fused-ring (bicyclic) bond motifs is 1. The highest BCUT2D eigenvalue weighted by atomic mass is 19.4. The number of nitro groups is 1. The maximum absolute atomic E-state index is 12.9. The Morgan fingerprint density at radius 2 is 1.91 bits per heavy atom. The maximum atomic E-state index is 12.9. The van der Waals surface area contributed by atoms with Crippen LogP contribution >= 0.6 is 0 Å². The van der Waals surface area contributed by atoms with Crippen LogP contribution in [0.4, 0.5) is 18.9 Å². The third-order valence-electron chi connectivity index (χ3n) is 3.08. The number of aromatic nitrogens is 3. The Morgan fingerprint density at radius 3 is 2.50 bits per heavy atom. The molecule has 6 nitrogen and oxygen atoms in total. The highest BCUT2D eigenvalue weighted by Gasteiger charge is 2.33. The number of benzene rings is 1. The van der Waals surface area contributed by atoms with Crippen molar-refractivity contribution in [3.05, 3.63) is 58.4 Å². The van der Waals surface area contributed by atoms with Crippen LogP contribution in [0.1, 0.15) is 5.56 Å². The summed E-state index contributed by atoms with van der Waals surface area (Å²) < 4.78 is 40.0. The van der Waals surface area contributed by atoms with Crippen LogP contribution < -0.4 is 0 Å². The largest absolute Gasteiger partial charge is 0.417 e. The van der Waals surface area contributed by atoms with Crippen molar-refractivity contribution in [2.75, 3.05) is 0 Å². The summed E-state index contributed by atoms with van der Waals surface area (Å²) in [5.41, 5.74) is -0.787. The van der Waals surface area contributed by atoms with Gasteiger partial charge in [0.1, 0.15) is 6.20 Å². The molecule has 0 unspecified atom stereocenters. The van der Waals surface area contributed by atoms with Gasteiger partial charge in [0.05, 0.1) is 22.2 Å². The maximum Gasteiger partial charge on any atom is 0.417 e. The Morgan fingerprint density at radius 1 is 1.14 bits per heavy atom. The second-order valence-corrected chi connectivity index (χ2v) is 4.42. The minimum absolute atomic E-state index is 0.0600. The van der Waals surface area contributed by atoms with Crippen molar-refractivity contribution in [1.29, 1.82) is 0 Å². The molecule has 0 spiro atoms. The predicted octanol–water partition coefficient (Wildman–Crippen LogP) is 3.35. The molecule has 0 saturated heterocycles. The molecule has 2 heterocycles. The van der Waals surface area contributed by atoms with E-state index in [4.69, 9.17) is 0 Å². The van der Waals surface area contributed by atoms with Crippen LogP contribution in [-0.4, -0.2) is 19.7 Å². The third kappa shape index (κ3) is 2.26. The molecule has 0 N–H and O–H groups in total. The van der Waals surface area contributed by atoms with E-state index < -0.39 is 16.7 Å². The summed E-state index contributed by atoms with van der Waals surface area (Å²) in [6.07, 6.45) is -2.37. The zero-order valence-electron chi connectivity index (χ0n) is 10.8. The molecule has 1 aromatic carbocycles. The highest BCUT2D eigenvalue weighted by molar-refractivity contribution is 5.84. The molecule has 0 amide bonds. The molecule has 0 bridgehead atoms. The second kappa shape index (κ2) is 4.79. The molecule has 0 aliphatic carbocycles. The van der Waals surface area contributed by atoms with E-state index >= 15 is 0 Å². The van der Waals surface area contributed by atoms with E-state index in [0.717, 1.165) is 18.5 Å². The van der Waals surface area contributed by atoms with Crippen molar-refractivity contribution in [2.45, 2.75) is 6.18 Å². The molecule has 0 fully saturated rings. The molecule has 3 rings (SSSR count). The van der Waals surface area contributed by atoms with Crippen molar-refractivity contribution in [2.24, 2.45) is 0 Å². The van der Waals surface area contributed by atoms with Gasteiger partial charge in [0.25, 0.3) is 5.69 Å². The van der Waals surface area contributed by atoms with E-state index in [1.807, 2.05) is 0 Å². The number of nitrogens with zero attached hydrogens (tertiary/aromatic N) is 4. The fourth-order valence-electron chi connectivity index (χ4n) is 2.09. The summed E-state index contributed by atoms with van der Waals surface area (Å²) in [6.45, 7) is 0. The van der Waals surface area contributed by atoms with Gasteiger partial charge in [-0.15, -0.1) is 0 Å². The second-order valence-electron chi connectivity index (χ2n) is 4.42. The lowest BCUT2D eigenvalue weighted by atomic mass is 10.1. The van der Waals surface area contributed by atoms with Crippen LogP contribution in [0.15, 0.2) is 42.7 Å². The van der Waals surface area contributed by atoms with Gasteiger partial charge in [-0.05, 0) is 18.2 Å². The third-order valence-corrected chi connectivity index (χ3v) is 3.08. The van der Waals surface area contributed by atoms with Crippen LogP contribution in [0.2, 0.25) is 0 Å². The summed E-state index contributed by atoms with van der Waals surface area (Å²) in [5, 5.41) is 14.4. The fraction of sp³-hybridized carbons (Fsp3) is 0.0769. The van der Waals surface area contributed by atoms with Gasteiger partial charge >= 0.3 is 6.18 Å². The minimum Gasteiger partial charge on any atom is -0.258 e. The highest BCUT2D eigenvalue weighted by Crippen LogP contribution is 2.35. The van der Waals surface area contributed by atoms with Crippen molar-refractivity contribution in [3.63, 3.8) is 0 Å². The van der Waals surface area contributed by atoms with Crippen LogP contribution in [-0.2, 0) is 6.18 Å². The molecule has 112 valence electrons. The van der Waals surface area contributed by atoms with E-state index in [1.54, 1.807) is 0 Å². The first-order chi connectivity index (χ1) is 10.4. The molecule has 0 aliphatic heterocycles. The van der Waals surface area contributed by atoms with Gasteiger partial charge in [-0.25, -0.2) is 9.67 Å². The lowest BCUT2D eigenvalue weighted by molar-refractivity contribution is -0.385. The van der Waals surface area contributed by atoms with Crippen molar-refractivity contribution < 1.29 is 18.1 Å². The molecular formula is C13H7F3N4O2. The number of hydrogen-bond donors (Lipinski definition) is 0. The average Bonchev–Trinajstić information content (AvgIpc) is 2.90. The fourth-order valence-corrected chi connectivity index (χ4v) is 2.09. The molecule has 0 saturated carbocycles. The van der Waals surface area contributed by atoms with Gasteiger partial charge in [-0.2, -0.15) is 18.3 Å². The number of rotatable bonds is 2. The number of pyridine rings is 1. The first-order valence-corrected chi connectivity index (χ1v) is 6.02. The predicted molar refractivity (Wildman–Crippen MR) is 70.5 cm³/mol. The van der Waals surface area contributed by atoms with Gasteiger partial charge in [0, 0.05) is 11.5 Å². The quantitative estimate of drug-likeness (QED) is 0.537. The number of alkyl halides is 3. The smallest absolute Gasteiger partial charge is 0.258 e. The lowest BCUT2D eigenvalue weighted by Crippen LogP contribution is -2.05. The molecule has 0 aliphatic rings. The summed E-state index contributed by atoms with van der Waals surface area (Å²) in [7, 11) is 0. The summed E-state index contributed by atoms with van der Waals surface area (Å²) in [5.74, 6) is 0.194. The van der Waals surface area contributed by atoms with Crippen molar-refractivity contribution >= 4 is 16.6 Å². The Balaban J connectivity index is 2.15. The van der Waals surface area contributed by atoms with Gasteiger partial charge in [0.2, 0.25) is 0 Å².